The number of aromatic nitrogens is 1. The second-order valence-electron chi connectivity index (χ2n) is 6.93. The van der Waals surface area contributed by atoms with E-state index in [1.54, 1.807) is 23.1 Å². The molecule has 2 heterocycles. The third kappa shape index (κ3) is 5.06. The van der Waals surface area contributed by atoms with Gasteiger partial charge in [0.15, 0.2) is 16.6 Å². The molecule has 1 aliphatic rings. The molecule has 1 aliphatic heterocycles. The van der Waals surface area contributed by atoms with Gasteiger partial charge in [0.25, 0.3) is 5.91 Å². The van der Waals surface area contributed by atoms with Crippen molar-refractivity contribution >= 4 is 56.6 Å². The maximum atomic E-state index is 13.5. The van der Waals surface area contributed by atoms with E-state index in [9.17, 15) is 4.79 Å². The molecule has 2 aromatic carbocycles. The van der Waals surface area contributed by atoms with Crippen molar-refractivity contribution in [3.05, 3.63) is 47.0 Å². The van der Waals surface area contributed by atoms with Crippen molar-refractivity contribution in [2.45, 2.75) is 13.8 Å². The predicted molar refractivity (Wildman–Crippen MR) is 129 cm³/mol. The van der Waals surface area contributed by atoms with Crippen molar-refractivity contribution in [3.63, 3.8) is 0 Å². The quantitative estimate of drug-likeness (QED) is 0.467. The molecule has 0 atom stereocenters. The van der Waals surface area contributed by atoms with Crippen LogP contribution in [0, 0.1) is 0 Å². The topological polar surface area (TPSA) is 54.9 Å². The number of benzene rings is 2. The highest BCUT2D eigenvalue weighted by Crippen LogP contribution is 2.35. The van der Waals surface area contributed by atoms with Crippen molar-refractivity contribution in [1.29, 1.82) is 0 Å². The third-order valence-corrected chi connectivity index (χ3v) is 6.51. The average Bonchev–Trinajstić information content (AvgIpc) is 3.21. The molecule has 9 heteroatoms. The van der Waals surface area contributed by atoms with Crippen molar-refractivity contribution in [2.75, 3.05) is 44.3 Å². The number of likely N-dealkylation sites (N-methyl/N-ethyl adjacent to an activating group) is 1. The Bertz CT molecular complexity index is 1060. The fraction of sp³-hybridized carbons (Fsp3) is 0.364. The zero-order valence-electron chi connectivity index (χ0n) is 17.5. The van der Waals surface area contributed by atoms with Crippen molar-refractivity contribution < 1.29 is 14.3 Å². The summed E-state index contributed by atoms with van der Waals surface area (Å²) in [6, 6.07) is 11.0. The number of carbonyl (C=O) groups excluding carboxylic acids is 1. The van der Waals surface area contributed by atoms with Gasteiger partial charge in [-0.15, -0.1) is 12.4 Å². The molecule has 0 spiro atoms. The molecule has 0 aliphatic carbocycles. The van der Waals surface area contributed by atoms with Crippen molar-refractivity contribution in [2.24, 2.45) is 0 Å². The summed E-state index contributed by atoms with van der Waals surface area (Å²) in [6.45, 7) is 8.37. The number of nitrogens with zero attached hydrogens (tertiary/aromatic N) is 3. The summed E-state index contributed by atoms with van der Waals surface area (Å²) in [5.74, 6) is 1.15. The summed E-state index contributed by atoms with van der Waals surface area (Å²) in [5, 5.41) is 1.23. The Balaban J connectivity index is 0.00000272. The Morgan fingerprint density at radius 2 is 1.84 bits per heavy atom. The molecular formula is C22H25Cl2N3O3S. The number of para-hydroxylation sites is 1. The summed E-state index contributed by atoms with van der Waals surface area (Å²) in [7, 11) is 0. The number of hydrogen-bond acceptors (Lipinski definition) is 6. The number of anilines is 1. The van der Waals surface area contributed by atoms with Gasteiger partial charge in [0, 0.05) is 18.7 Å². The number of halogens is 2. The minimum absolute atomic E-state index is 0. The molecule has 0 saturated carbocycles. The first-order valence-corrected chi connectivity index (χ1v) is 11.3. The van der Waals surface area contributed by atoms with Gasteiger partial charge in [0.05, 0.1) is 9.72 Å². The van der Waals surface area contributed by atoms with Crippen LogP contribution in [0.1, 0.15) is 24.2 Å². The Hall–Kier alpha value is -2.06. The minimum atomic E-state index is -0.116. The molecule has 0 radical (unpaired) electrons. The maximum Gasteiger partial charge on any atom is 0.260 e. The highest BCUT2D eigenvalue weighted by molar-refractivity contribution is 7.22. The van der Waals surface area contributed by atoms with Crippen molar-refractivity contribution in [1.82, 2.24) is 9.88 Å². The number of carbonyl (C=O) groups is 1. The number of fused-ring (bicyclic) bond motifs is 2. The molecule has 0 saturated heterocycles. The molecule has 4 rings (SSSR count). The maximum absolute atomic E-state index is 13.5. The summed E-state index contributed by atoms with van der Waals surface area (Å²) in [5.41, 5.74) is 1.27. The largest absolute Gasteiger partial charge is 0.486 e. The van der Waals surface area contributed by atoms with Crippen LogP contribution in [0.5, 0.6) is 11.5 Å². The molecule has 3 aromatic rings. The van der Waals surface area contributed by atoms with Gasteiger partial charge in [0.1, 0.15) is 18.7 Å². The summed E-state index contributed by atoms with van der Waals surface area (Å²) in [4.78, 5) is 22.2. The van der Waals surface area contributed by atoms with Crippen LogP contribution in [-0.2, 0) is 0 Å². The lowest BCUT2D eigenvalue weighted by Crippen LogP contribution is -2.39. The van der Waals surface area contributed by atoms with E-state index < -0.39 is 0 Å². The molecule has 6 nitrogen and oxygen atoms in total. The Kier molecular flexibility index (Phi) is 8.00. The van der Waals surface area contributed by atoms with E-state index in [2.05, 4.69) is 18.7 Å². The van der Waals surface area contributed by atoms with E-state index in [0.29, 0.717) is 47.0 Å². The standard InChI is InChI=1S/C22H24ClN3O3S.ClH/c1-3-25(4-2)10-11-26(22-24-20-16(23)6-5-7-19(20)30-22)21(27)15-8-9-17-18(14-15)29-13-12-28-17;/h5-9,14H,3-4,10-13H2,1-2H3;1H. The van der Waals surface area contributed by atoms with Crippen LogP contribution in [0.4, 0.5) is 5.13 Å². The van der Waals surface area contributed by atoms with Crippen LogP contribution >= 0.6 is 35.3 Å². The third-order valence-electron chi connectivity index (χ3n) is 5.16. The molecule has 0 bridgehead atoms. The molecule has 166 valence electrons. The number of thiazole rings is 1. The SMILES string of the molecule is CCN(CC)CCN(C(=O)c1ccc2c(c1)OCCO2)c1nc2c(Cl)cccc2s1.Cl. The van der Waals surface area contributed by atoms with E-state index in [-0.39, 0.29) is 18.3 Å². The zero-order chi connectivity index (χ0) is 21.1. The van der Waals surface area contributed by atoms with Gasteiger partial charge >= 0.3 is 0 Å². The normalized spacial score (nSPS) is 12.6. The molecule has 31 heavy (non-hydrogen) atoms. The molecule has 0 fully saturated rings. The van der Waals surface area contributed by atoms with Crippen LogP contribution in [0.2, 0.25) is 5.02 Å². The van der Waals surface area contributed by atoms with Gasteiger partial charge in [-0.05, 0) is 43.4 Å². The van der Waals surface area contributed by atoms with Gasteiger partial charge in [-0.1, -0.05) is 42.9 Å². The minimum Gasteiger partial charge on any atom is -0.486 e. The molecular weight excluding hydrogens is 457 g/mol. The van der Waals surface area contributed by atoms with Crippen LogP contribution in [0.25, 0.3) is 10.2 Å². The van der Waals surface area contributed by atoms with Crippen LogP contribution in [0.3, 0.4) is 0 Å². The van der Waals surface area contributed by atoms with E-state index in [1.807, 2.05) is 18.2 Å². The van der Waals surface area contributed by atoms with Crippen LogP contribution in [-0.4, -0.2) is 55.2 Å². The Morgan fingerprint density at radius 3 is 2.55 bits per heavy atom. The highest BCUT2D eigenvalue weighted by atomic mass is 35.5. The van der Waals surface area contributed by atoms with Crippen LogP contribution < -0.4 is 14.4 Å². The lowest BCUT2D eigenvalue weighted by Gasteiger charge is -2.25. The van der Waals surface area contributed by atoms with E-state index in [1.165, 1.54) is 11.3 Å². The zero-order valence-corrected chi connectivity index (χ0v) is 19.9. The number of rotatable bonds is 7. The van der Waals surface area contributed by atoms with E-state index in [4.69, 9.17) is 26.1 Å². The monoisotopic (exact) mass is 481 g/mol. The smallest absolute Gasteiger partial charge is 0.260 e. The summed E-state index contributed by atoms with van der Waals surface area (Å²) in [6.07, 6.45) is 0. The molecule has 1 aromatic heterocycles. The van der Waals surface area contributed by atoms with Crippen molar-refractivity contribution in [3.8, 4) is 11.5 Å². The highest BCUT2D eigenvalue weighted by Gasteiger charge is 2.24. The first-order valence-electron chi connectivity index (χ1n) is 10.1. The number of hydrogen-bond donors (Lipinski definition) is 0. The lowest BCUT2D eigenvalue weighted by molar-refractivity contribution is 0.0982. The predicted octanol–water partition coefficient (Wildman–Crippen LogP) is 5.13. The Labute approximate surface area is 197 Å². The molecule has 0 unspecified atom stereocenters. The lowest BCUT2D eigenvalue weighted by atomic mass is 10.1. The number of ether oxygens (including phenoxy) is 2. The molecule has 0 N–H and O–H groups in total. The van der Waals surface area contributed by atoms with E-state index in [0.717, 1.165) is 29.9 Å². The van der Waals surface area contributed by atoms with Gasteiger partial charge in [0.2, 0.25) is 0 Å². The van der Waals surface area contributed by atoms with Gasteiger partial charge in [-0.2, -0.15) is 0 Å². The van der Waals surface area contributed by atoms with E-state index >= 15 is 0 Å². The Morgan fingerprint density at radius 1 is 1.10 bits per heavy atom. The van der Waals surface area contributed by atoms with Gasteiger partial charge in [-0.3, -0.25) is 9.69 Å². The van der Waals surface area contributed by atoms with Gasteiger partial charge < -0.3 is 14.4 Å². The second-order valence-corrected chi connectivity index (χ2v) is 8.34. The number of amides is 1. The summed E-state index contributed by atoms with van der Waals surface area (Å²) >= 11 is 7.80. The fourth-order valence-electron chi connectivity index (χ4n) is 3.42. The second kappa shape index (κ2) is 10.5. The van der Waals surface area contributed by atoms with Gasteiger partial charge in [-0.25, -0.2) is 4.98 Å². The average molecular weight is 482 g/mol. The first-order chi connectivity index (χ1) is 14.6. The first kappa shape index (κ1) is 23.6. The fourth-order valence-corrected chi connectivity index (χ4v) is 4.71. The summed E-state index contributed by atoms with van der Waals surface area (Å²) < 4.78 is 12.2. The molecule has 1 amide bonds. The van der Waals surface area contributed by atoms with Crippen LogP contribution in [0.15, 0.2) is 36.4 Å².